The Morgan fingerprint density at radius 1 is 1.22 bits per heavy atom. The van der Waals surface area contributed by atoms with Gasteiger partial charge in [-0.25, -0.2) is 18.2 Å². The third kappa shape index (κ3) is 3.46. The van der Waals surface area contributed by atoms with Crippen LogP contribution >= 0.6 is 0 Å². The number of H-pyrrole nitrogens is 1. The maximum Gasteiger partial charge on any atom is 0.282 e. The van der Waals surface area contributed by atoms with Gasteiger partial charge in [-0.05, 0) is 38.1 Å². The Labute approximate surface area is 132 Å². The molecule has 2 aromatic rings. The second-order valence-corrected chi connectivity index (χ2v) is 6.65. The fourth-order valence-electron chi connectivity index (χ4n) is 2.16. The number of hydrogen-bond donors (Lipinski definition) is 2. The summed E-state index contributed by atoms with van der Waals surface area (Å²) in [5.41, 5.74) is -0.0167. The highest BCUT2D eigenvalue weighted by molar-refractivity contribution is 7.89. The van der Waals surface area contributed by atoms with Crippen LogP contribution in [0.4, 0.5) is 0 Å². The van der Waals surface area contributed by atoms with E-state index >= 15 is 0 Å². The van der Waals surface area contributed by atoms with Gasteiger partial charge in [-0.15, -0.1) is 0 Å². The number of primary sulfonamides is 1. The first-order chi connectivity index (χ1) is 10.6. The van der Waals surface area contributed by atoms with Crippen LogP contribution in [0.25, 0.3) is 5.69 Å². The zero-order valence-corrected chi connectivity index (χ0v) is 13.3. The minimum atomic E-state index is -3.83. The van der Waals surface area contributed by atoms with Crippen LogP contribution in [0, 0.1) is 6.92 Å². The predicted molar refractivity (Wildman–Crippen MR) is 82.1 cm³/mol. The fraction of sp³-hybridized carbons (Fsp3) is 0.214. The summed E-state index contributed by atoms with van der Waals surface area (Å²) < 4.78 is 23.6. The van der Waals surface area contributed by atoms with Crippen molar-refractivity contribution in [2.45, 2.75) is 25.2 Å². The summed E-state index contributed by atoms with van der Waals surface area (Å²) in [5.74, 6) is -0.893. The summed E-state index contributed by atoms with van der Waals surface area (Å²) in [4.78, 5) is 35.3. The van der Waals surface area contributed by atoms with E-state index < -0.39 is 21.4 Å². The number of benzene rings is 1. The normalized spacial score (nSPS) is 11.4. The van der Waals surface area contributed by atoms with Gasteiger partial charge >= 0.3 is 0 Å². The number of nitrogens with two attached hydrogens (primary N) is 1. The largest absolute Gasteiger partial charge is 0.300 e. The summed E-state index contributed by atoms with van der Waals surface area (Å²) in [6.07, 6.45) is -0.349. The highest BCUT2D eigenvalue weighted by Gasteiger charge is 2.20. The molecule has 1 aromatic heterocycles. The molecule has 0 bridgehead atoms. The third-order valence-corrected chi connectivity index (χ3v) is 4.11. The maximum absolute atomic E-state index is 12.4. The average Bonchev–Trinajstić information content (AvgIpc) is 2.72. The molecule has 0 fully saturated rings. The molecule has 2 rings (SSSR count). The zero-order chi connectivity index (χ0) is 17.4. The monoisotopic (exact) mass is 337 g/mol. The molecule has 0 aliphatic rings. The Kier molecular flexibility index (Phi) is 4.35. The number of carbonyl (C=O) groups excluding carboxylic acids is 2. The van der Waals surface area contributed by atoms with E-state index in [1.165, 1.54) is 31.2 Å². The molecule has 0 unspecified atom stereocenters. The van der Waals surface area contributed by atoms with E-state index in [9.17, 15) is 22.8 Å². The van der Waals surface area contributed by atoms with E-state index in [-0.39, 0.29) is 22.7 Å². The van der Waals surface area contributed by atoms with Crippen molar-refractivity contribution in [1.82, 2.24) is 9.78 Å². The Morgan fingerprint density at radius 3 is 2.26 bits per heavy atom. The predicted octanol–water partition coefficient (Wildman–Crippen LogP) is 0.283. The van der Waals surface area contributed by atoms with Crippen molar-refractivity contribution in [2.75, 3.05) is 0 Å². The third-order valence-electron chi connectivity index (χ3n) is 3.18. The van der Waals surface area contributed by atoms with Crippen molar-refractivity contribution in [2.24, 2.45) is 5.14 Å². The molecule has 0 amide bonds. The summed E-state index contributed by atoms with van der Waals surface area (Å²) in [6, 6.07) is 5.28. The van der Waals surface area contributed by atoms with Gasteiger partial charge in [-0.2, -0.15) is 0 Å². The van der Waals surface area contributed by atoms with E-state index in [0.29, 0.717) is 11.4 Å². The van der Waals surface area contributed by atoms with Gasteiger partial charge in [0.2, 0.25) is 10.0 Å². The Balaban J connectivity index is 2.48. The van der Waals surface area contributed by atoms with Crippen molar-refractivity contribution in [3.8, 4) is 5.69 Å². The first-order valence-corrected chi connectivity index (χ1v) is 8.13. The van der Waals surface area contributed by atoms with Crippen LogP contribution in [-0.2, 0) is 14.8 Å². The first kappa shape index (κ1) is 16.8. The molecule has 1 heterocycles. The smallest absolute Gasteiger partial charge is 0.282 e. The summed E-state index contributed by atoms with van der Waals surface area (Å²) >= 11 is 0. The highest BCUT2D eigenvalue weighted by atomic mass is 32.2. The van der Waals surface area contributed by atoms with Crippen LogP contribution in [0.1, 0.15) is 29.4 Å². The van der Waals surface area contributed by atoms with Gasteiger partial charge in [0, 0.05) is 5.69 Å². The van der Waals surface area contributed by atoms with Crippen molar-refractivity contribution in [3.63, 3.8) is 0 Å². The Morgan fingerprint density at radius 2 is 1.78 bits per heavy atom. The number of nitrogens with one attached hydrogen (secondary N) is 1. The number of aromatic amines is 1. The molecule has 122 valence electrons. The lowest BCUT2D eigenvalue weighted by Gasteiger charge is -2.03. The van der Waals surface area contributed by atoms with Gasteiger partial charge in [0.15, 0.2) is 5.78 Å². The van der Waals surface area contributed by atoms with Gasteiger partial charge in [-0.3, -0.25) is 19.5 Å². The molecule has 1 aromatic carbocycles. The first-order valence-electron chi connectivity index (χ1n) is 6.58. The van der Waals surface area contributed by atoms with Crippen LogP contribution in [0.3, 0.4) is 0 Å². The van der Waals surface area contributed by atoms with Crippen LogP contribution in [-0.4, -0.2) is 29.8 Å². The van der Waals surface area contributed by atoms with E-state index in [0.717, 1.165) is 4.68 Å². The molecule has 3 N–H and O–H groups in total. The lowest BCUT2D eigenvalue weighted by atomic mass is 10.1. The van der Waals surface area contributed by atoms with E-state index in [1.54, 1.807) is 6.92 Å². The lowest BCUT2D eigenvalue weighted by molar-refractivity contribution is -0.116. The van der Waals surface area contributed by atoms with Gasteiger partial charge < -0.3 is 0 Å². The molecule has 0 radical (unpaired) electrons. The lowest BCUT2D eigenvalue weighted by Crippen LogP contribution is -2.21. The summed E-state index contributed by atoms with van der Waals surface area (Å²) in [6.45, 7) is 2.81. The van der Waals surface area contributed by atoms with E-state index in [4.69, 9.17) is 5.14 Å². The van der Waals surface area contributed by atoms with Crippen molar-refractivity contribution in [1.29, 1.82) is 0 Å². The van der Waals surface area contributed by atoms with E-state index in [2.05, 4.69) is 5.10 Å². The van der Waals surface area contributed by atoms with Crippen molar-refractivity contribution >= 4 is 21.6 Å². The molecule has 9 heteroatoms. The van der Waals surface area contributed by atoms with Crippen LogP contribution in [0.5, 0.6) is 0 Å². The second-order valence-electron chi connectivity index (χ2n) is 5.09. The molecule has 0 saturated heterocycles. The molecule has 0 aliphatic heterocycles. The van der Waals surface area contributed by atoms with Gasteiger partial charge in [0.1, 0.15) is 11.3 Å². The minimum Gasteiger partial charge on any atom is -0.300 e. The minimum absolute atomic E-state index is 0.0873. The fourth-order valence-corrected chi connectivity index (χ4v) is 2.67. The number of rotatable bonds is 5. The Bertz CT molecular complexity index is 936. The molecule has 0 aliphatic carbocycles. The van der Waals surface area contributed by atoms with Gasteiger partial charge in [0.25, 0.3) is 5.56 Å². The number of Topliss-reactive ketones (excluding diaryl/α,β-unsaturated/α-hetero) is 2. The van der Waals surface area contributed by atoms with E-state index in [1.807, 2.05) is 0 Å². The van der Waals surface area contributed by atoms with Crippen molar-refractivity contribution in [3.05, 3.63) is 45.9 Å². The molecule has 0 atom stereocenters. The number of nitrogens with zero attached hydrogens (tertiary/aromatic N) is 1. The standard InChI is InChI=1S/C14H15N3O5S/c1-8(18)7-12(19)13-9(2)16-17(14(13)20)10-3-5-11(6-4-10)23(15,21)22/h3-6,16H,7H2,1-2H3,(H2,15,21,22). The average molecular weight is 337 g/mol. The van der Waals surface area contributed by atoms with Crippen LogP contribution in [0.2, 0.25) is 0 Å². The van der Waals surface area contributed by atoms with Gasteiger partial charge in [-0.1, -0.05) is 0 Å². The number of ketones is 2. The maximum atomic E-state index is 12.4. The zero-order valence-electron chi connectivity index (χ0n) is 12.5. The SMILES string of the molecule is CC(=O)CC(=O)c1c(C)[nH]n(-c2ccc(S(N)(=O)=O)cc2)c1=O. The number of sulfonamides is 1. The van der Waals surface area contributed by atoms with Crippen LogP contribution < -0.4 is 10.7 Å². The molecular weight excluding hydrogens is 322 g/mol. The highest BCUT2D eigenvalue weighted by Crippen LogP contribution is 2.13. The molecular formula is C14H15N3O5S. The van der Waals surface area contributed by atoms with Crippen LogP contribution in [0.15, 0.2) is 34.0 Å². The number of hydrogen-bond acceptors (Lipinski definition) is 5. The molecule has 0 spiro atoms. The second kappa shape index (κ2) is 5.94. The quantitative estimate of drug-likeness (QED) is 0.597. The topological polar surface area (TPSA) is 132 Å². The van der Waals surface area contributed by atoms with Crippen molar-refractivity contribution < 1.29 is 18.0 Å². The molecule has 0 saturated carbocycles. The van der Waals surface area contributed by atoms with Gasteiger partial charge in [0.05, 0.1) is 17.0 Å². The molecule has 8 nitrogen and oxygen atoms in total. The number of aromatic nitrogens is 2. The molecule has 23 heavy (non-hydrogen) atoms. The summed E-state index contributed by atoms with van der Waals surface area (Å²) in [7, 11) is -3.83. The Hall–Kier alpha value is -2.52. The summed E-state index contributed by atoms with van der Waals surface area (Å²) in [5, 5.41) is 7.74. The number of aryl methyl sites for hydroxylation is 1. The number of carbonyl (C=O) groups is 2.